The van der Waals surface area contributed by atoms with Crippen LogP contribution < -0.4 is 10.2 Å². The number of azo groups is 1. The molecule has 0 aromatic heterocycles. The quantitative estimate of drug-likeness (QED) is 0.158. The molecule has 1 N–H and O–H groups in total. The minimum Gasteiger partial charge on any atom is -0.379 e. The topological polar surface area (TPSA) is 142 Å². The second-order valence-electron chi connectivity index (χ2n) is 7.18. The first-order valence-electron chi connectivity index (χ1n) is 10.9. The number of anilines is 2. The number of benzene rings is 2. The van der Waals surface area contributed by atoms with Crippen molar-refractivity contribution in [2.75, 3.05) is 49.7 Å². The number of carbonyl (C=O) groups is 1. The second kappa shape index (κ2) is 14.6. The molecule has 0 unspecified atom stereocenters. The Bertz CT molecular complexity index is 1090. The van der Waals surface area contributed by atoms with Crippen LogP contribution in [0.1, 0.15) is 20.3 Å². The predicted octanol–water partition coefficient (Wildman–Crippen LogP) is 5.40. The van der Waals surface area contributed by atoms with Gasteiger partial charge in [0.05, 0.1) is 47.9 Å². The van der Waals surface area contributed by atoms with Crippen LogP contribution in [0.2, 0.25) is 5.02 Å². The van der Waals surface area contributed by atoms with Crippen molar-refractivity contribution in [3.63, 3.8) is 0 Å². The fraction of sp³-hybridized carbons (Fsp3) is 0.391. The summed E-state index contributed by atoms with van der Waals surface area (Å²) in [5.74, 6) is -0.296. The van der Waals surface area contributed by atoms with Gasteiger partial charge in [0.25, 0.3) is 5.69 Å². The Morgan fingerprint density at radius 3 is 2.51 bits per heavy atom. The van der Waals surface area contributed by atoms with E-state index in [4.69, 9.17) is 26.3 Å². The smallest absolute Gasteiger partial charge is 0.271 e. The molecule has 2 aromatic rings. The molecule has 11 nitrogen and oxygen atoms in total. The first-order valence-corrected chi connectivity index (χ1v) is 11.3. The van der Waals surface area contributed by atoms with E-state index in [1.54, 1.807) is 18.2 Å². The maximum atomic E-state index is 11.8. The maximum Gasteiger partial charge on any atom is 0.271 e. The minimum absolute atomic E-state index is 0.0765. The molecule has 0 spiro atoms. The summed E-state index contributed by atoms with van der Waals surface area (Å²) in [5, 5.41) is 31.0. The number of nitro benzene ring substituents is 1. The van der Waals surface area contributed by atoms with Crippen LogP contribution in [0.4, 0.5) is 28.4 Å². The van der Waals surface area contributed by atoms with Crippen LogP contribution in [0.3, 0.4) is 0 Å². The van der Waals surface area contributed by atoms with E-state index in [-0.39, 0.29) is 22.3 Å². The lowest BCUT2D eigenvalue weighted by atomic mass is 10.2. The number of hydrogen-bond donors (Lipinski definition) is 1. The highest BCUT2D eigenvalue weighted by Crippen LogP contribution is 2.34. The van der Waals surface area contributed by atoms with Crippen LogP contribution in [0.15, 0.2) is 46.6 Å². The normalized spacial score (nSPS) is 10.8. The Balaban J connectivity index is 2.24. The first kappa shape index (κ1) is 27.7. The van der Waals surface area contributed by atoms with Crippen molar-refractivity contribution >= 4 is 45.9 Å². The number of nitriles is 1. The summed E-state index contributed by atoms with van der Waals surface area (Å²) in [6.45, 7) is 6.36. The maximum absolute atomic E-state index is 11.8. The molecule has 186 valence electrons. The van der Waals surface area contributed by atoms with Crippen molar-refractivity contribution < 1.29 is 19.2 Å². The molecule has 0 aliphatic rings. The number of amides is 1. The molecular formula is C23H27ClN6O5. The van der Waals surface area contributed by atoms with Crippen LogP contribution in [0.5, 0.6) is 0 Å². The standard InChI is InChI=1S/C23H27ClN6O5/c1-3-34-13-14-35-12-11-29(10-4-9-25)18-5-8-22(23(16-18)26-17(2)31)28-27-21-7-6-19(30(32)33)15-20(21)24/h5-8,15-16H,3-4,10-14H2,1-2H3,(H,26,31). The molecule has 0 saturated heterocycles. The molecule has 0 radical (unpaired) electrons. The number of halogens is 1. The third-order valence-corrected chi connectivity index (χ3v) is 4.94. The molecule has 12 heteroatoms. The van der Waals surface area contributed by atoms with Gasteiger partial charge in [0.15, 0.2) is 0 Å². The van der Waals surface area contributed by atoms with Gasteiger partial charge in [-0.25, -0.2) is 0 Å². The molecule has 0 aliphatic carbocycles. The highest BCUT2D eigenvalue weighted by molar-refractivity contribution is 6.33. The van der Waals surface area contributed by atoms with Gasteiger partial charge in [-0.05, 0) is 31.2 Å². The average molecular weight is 503 g/mol. The molecule has 2 rings (SSSR count). The zero-order valence-corrected chi connectivity index (χ0v) is 20.3. The van der Waals surface area contributed by atoms with E-state index in [0.717, 1.165) is 5.69 Å². The van der Waals surface area contributed by atoms with Crippen molar-refractivity contribution in [3.05, 3.63) is 51.5 Å². The number of ether oxygens (including phenoxy) is 2. The van der Waals surface area contributed by atoms with Crippen LogP contribution in [-0.4, -0.2) is 50.3 Å². The highest BCUT2D eigenvalue weighted by atomic mass is 35.5. The summed E-state index contributed by atoms with van der Waals surface area (Å²) >= 11 is 6.09. The number of nitrogens with zero attached hydrogens (tertiary/aromatic N) is 5. The van der Waals surface area contributed by atoms with Crippen LogP contribution in [0.25, 0.3) is 0 Å². The van der Waals surface area contributed by atoms with Crippen molar-refractivity contribution in [1.29, 1.82) is 5.26 Å². The van der Waals surface area contributed by atoms with E-state index in [0.29, 0.717) is 57.3 Å². The van der Waals surface area contributed by atoms with E-state index in [1.165, 1.54) is 25.1 Å². The average Bonchev–Trinajstić information content (AvgIpc) is 2.82. The van der Waals surface area contributed by atoms with Gasteiger partial charge >= 0.3 is 0 Å². The van der Waals surface area contributed by atoms with Gasteiger partial charge in [0, 0.05) is 44.4 Å². The zero-order chi connectivity index (χ0) is 25.6. The molecule has 0 heterocycles. The van der Waals surface area contributed by atoms with E-state index in [2.05, 4.69) is 21.6 Å². The third-order valence-electron chi connectivity index (χ3n) is 4.64. The van der Waals surface area contributed by atoms with Gasteiger partial charge in [-0.15, -0.1) is 10.2 Å². The molecule has 2 aromatic carbocycles. The lowest BCUT2D eigenvalue weighted by Gasteiger charge is -2.24. The van der Waals surface area contributed by atoms with Crippen LogP contribution in [-0.2, 0) is 14.3 Å². The number of carbonyl (C=O) groups excluding carboxylic acids is 1. The number of hydrogen-bond acceptors (Lipinski definition) is 9. The molecule has 0 saturated carbocycles. The van der Waals surface area contributed by atoms with Crippen molar-refractivity contribution in [2.45, 2.75) is 20.3 Å². The minimum atomic E-state index is -0.553. The molecule has 0 fully saturated rings. The fourth-order valence-corrected chi connectivity index (χ4v) is 3.20. The summed E-state index contributed by atoms with van der Waals surface area (Å²) < 4.78 is 10.9. The van der Waals surface area contributed by atoms with Gasteiger partial charge in [0.2, 0.25) is 5.91 Å². The molecular weight excluding hydrogens is 476 g/mol. The van der Waals surface area contributed by atoms with E-state index in [9.17, 15) is 14.9 Å². The SMILES string of the molecule is CCOCCOCCN(CCC#N)c1ccc(N=Nc2ccc([N+](=O)[O-])cc2Cl)c(NC(C)=O)c1. The van der Waals surface area contributed by atoms with Crippen LogP contribution in [0, 0.1) is 21.4 Å². The summed E-state index contributed by atoms with van der Waals surface area (Å²) in [5.41, 5.74) is 1.64. The molecule has 0 aliphatic heterocycles. The molecule has 0 bridgehead atoms. The number of nitro groups is 1. The number of nitrogens with one attached hydrogen (secondary N) is 1. The second-order valence-corrected chi connectivity index (χ2v) is 7.59. The monoisotopic (exact) mass is 502 g/mol. The van der Waals surface area contributed by atoms with Crippen LogP contribution >= 0.6 is 11.6 Å². The molecule has 1 amide bonds. The van der Waals surface area contributed by atoms with Gasteiger partial charge in [0.1, 0.15) is 11.4 Å². The van der Waals surface area contributed by atoms with E-state index >= 15 is 0 Å². The van der Waals surface area contributed by atoms with Crippen molar-refractivity contribution in [2.24, 2.45) is 10.2 Å². The number of non-ortho nitro benzene ring substituents is 1. The summed E-state index contributed by atoms with van der Waals surface area (Å²) in [7, 11) is 0. The van der Waals surface area contributed by atoms with Gasteiger partial charge in [-0.1, -0.05) is 11.6 Å². The summed E-state index contributed by atoms with van der Waals surface area (Å²) in [6.07, 6.45) is 0.314. The summed E-state index contributed by atoms with van der Waals surface area (Å²) in [6, 6.07) is 11.2. The zero-order valence-electron chi connectivity index (χ0n) is 19.6. The molecule has 35 heavy (non-hydrogen) atoms. The Morgan fingerprint density at radius 2 is 1.86 bits per heavy atom. The van der Waals surface area contributed by atoms with Crippen molar-refractivity contribution in [3.8, 4) is 6.07 Å². The Kier molecular flexibility index (Phi) is 11.6. The highest BCUT2D eigenvalue weighted by Gasteiger charge is 2.13. The van der Waals surface area contributed by atoms with Crippen molar-refractivity contribution in [1.82, 2.24) is 0 Å². The number of rotatable bonds is 14. The largest absolute Gasteiger partial charge is 0.379 e. The van der Waals surface area contributed by atoms with E-state index < -0.39 is 4.92 Å². The Morgan fingerprint density at radius 1 is 1.14 bits per heavy atom. The Labute approximate surface area is 208 Å². The fourth-order valence-electron chi connectivity index (χ4n) is 2.99. The van der Waals surface area contributed by atoms with Gasteiger partial charge < -0.3 is 19.7 Å². The Hall–Kier alpha value is -3.59. The lowest BCUT2D eigenvalue weighted by Crippen LogP contribution is -2.29. The molecule has 0 atom stereocenters. The lowest BCUT2D eigenvalue weighted by molar-refractivity contribution is -0.384. The predicted molar refractivity (Wildman–Crippen MR) is 133 cm³/mol. The summed E-state index contributed by atoms with van der Waals surface area (Å²) in [4.78, 5) is 24.1. The van der Waals surface area contributed by atoms with Gasteiger partial charge in [-0.3, -0.25) is 14.9 Å². The van der Waals surface area contributed by atoms with Gasteiger partial charge in [-0.2, -0.15) is 5.26 Å². The first-order chi connectivity index (χ1) is 16.8. The third kappa shape index (κ3) is 9.29. The van der Waals surface area contributed by atoms with E-state index in [1.807, 2.05) is 11.8 Å².